The molecule has 128 valence electrons. The number of nitrogens with one attached hydrogen (secondary N) is 2. The number of rotatable bonds is 6. The van der Waals surface area contributed by atoms with E-state index in [1.165, 1.54) is 0 Å². The van der Waals surface area contributed by atoms with Crippen LogP contribution >= 0.6 is 0 Å². The van der Waals surface area contributed by atoms with Gasteiger partial charge in [-0.1, -0.05) is 36.4 Å². The van der Waals surface area contributed by atoms with Crippen molar-refractivity contribution in [2.45, 2.75) is 25.4 Å². The SMILES string of the molecule is O=C(NCCOc1cccc2ccccc12)NC[C@@H]1CC[C@H](O)C1. The largest absolute Gasteiger partial charge is 0.491 e. The lowest BCUT2D eigenvalue weighted by Gasteiger charge is -2.13. The standard InChI is InChI=1S/C19H24N2O3/c22-16-9-8-14(12-16)13-21-19(23)20-10-11-24-18-7-3-5-15-4-1-2-6-17(15)18/h1-7,14,16,22H,8-13H2,(H2,20,21,23)/t14-,16+/m1/s1. The van der Waals surface area contributed by atoms with Crippen LogP contribution in [0.1, 0.15) is 19.3 Å². The molecule has 24 heavy (non-hydrogen) atoms. The Bertz CT molecular complexity index is 684. The van der Waals surface area contributed by atoms with Gasteiger partial charge in [0.25, 0.3) is 0 Å². The summed E-state index contributed by atoms with van der Waals surface area (Å²) in [4.78, 5) is 11.8. The fourth-order valence-corrected chi connectivity index (χ4v) is 3.18. The Morgan fingerprint density at radius 2 is 1.96 bits per heavy atom. The third kappa shape index (κ3) is 4.38. The van der Waals surface area contributed by atoms with Crippen molar-refractivity contribution in [3.8, 4) is 5.75 Å². The Labute approximate surface area is 142 Å². The van der Waals surface area contributed by atoms with E-state index in [0.29, 0.717) is 25.6 Å². The minimum atomic E-state index is -0.200. The summed E-state index contributed by atoms with van der Waals surface area (Å²) in [6.07, 6.45) is 2.40. The number of aliphatic hydroxyl groups excluding tert-OH is 1. The van der Waals surface area contributed by atoms with Crippen molar-refractivity contribution < 1.29 is 14.6 Å². The molecular formula is C19H24N2O3. The van der Waals surface area contributed by atoms with Crippen LogP contribution in [0, 0.1) is 5.92 Å². The van der Waals surface area contributed by atoms with E-state index in [-0.39, 0.29) is 12.1 Å². The number of hydrogen-bond donors (Lipinski definition) is 3. The van der Waals surface area contributed by atoms with Gasteiger partial charge in [0.2, 0.25) is 0 Å². The van der Waals surface area contributed by atoms with Gasteiger partial charge < -0.3 is 20.5 Å². The van der Waals surface area contributed by atoms with Crippen molar-refractivity contribution in [1.82, 2.24) is 10.6 Å². The molecule has 0 aliphatic heterocycles. The maximum Gasteiger partial charge on any atom is 0.314 e. The number of amides is 2. The first-order valence-electron chi connectivity index (χ1n) is 8.52. The zero-order chi connectivity index (χ0) is 16.8. The second-order valence-corrected chi connectivity index (χ2v) is 6.30. The first-order chi connectivity index (χ1) is 11.7. The smallest absolute Gasteiger partial charge is 0.314 e. The van der Waals surface area contributed by atoms with Gasteiger partial charge in [0, 0.05) is 11.9 Å². The number of aliphatic hydroxyl groups is 1. The molecule has 2 aromatic rings. The first-order valence-corrected chi connectivity index (χ1v) is 8.52. The third-order valence-corrected chi connectivity index (χ3v) is 4.46. The summed E-state index contributed by atoms with van der Waals surface area (Å²) in [7, 11) is 0. The Morgan fingerprint density at radius 3 is 2.79 bits per heavy atom. The Kier molecular flexibility index (Phi) is 5.54. The molecule has 0 bridgehead atoms. The zero-order valence-corrected chi connectivity index (χ0v) is 13.7. The van der Waals surface area contributed by atoms with Crippen LogP contribution in [0.4, 0.5) is 4.79 Å². The van der Waals surface area contributed by atoms with Crippen LogP contribution in [0.25, 0.3) is 10.8 Å². The molecule has 0 radical (unpaired) electrons. The normalized spacial score (nSPS) is 20.0. The van der Waals surface area contributed by atoms with Gasteiger partial charge in [-0.3, -0.25) is 0 Å². The minimum absolute atomic E-state index is 0.182. The van der Waals surface area contributed by atoms with E-state index in [9.17, 15) is 9.90 Å². The highest BCUT2D eigenvalue weighted by molar-refractivity contribution is 5.88. The van der Waals surface area contributed by atoms with E-state index in [4.69, 9.17) is 4.74 Å². The number of hydrogen-bond acceptors (Lipinski definition) is 3. The predicted molar refractivity (Wildman–Crippen MR) is 94.2 cm³/mol. The second kappa shape index (κ2) is 8.02. The highest BCUT2D eigenvalue weighted by atomic mass is 16.5. The van der Waals surface area contributed by atoms with Crippen molar-refractivity contribution in [1.29, 1.82) is 0 Å². The highest BCUT2D eigenvalue weighted by Crippen LogP contribution is 2.25. The van der Waals surface area contributed by atoms with Crippen LogP contribution in [0.5, 0.6) is 5.75 Å². The average molecular weight is 328 g/mol. The number of carbonyl (C=O) groups is 1. The average Bonchev–Trinajstić information content (AvgIpc) is 3.02. The molecule has 3 rings (SSSR count). The second-order valence-electron chi connectivity index (χ2n) is 6.30. The van der Waals surface area contributed by atoms with Gasteiger partial charge >= 0.3 is 6.03 Å². The molecule has 1 aliphatic carbocycles. The first kappa shape index (κ1) is 16.6. The van der Waals surface area contributed by atoms with Gasteiger partial charge in [0.15, 0.2) is 0 Å². The molecule has 3 N–H and O–H groups in total. The van der Waals surface area contributed by atoms with Crippen LogP contribution in [0.15, 0.2) is 42.5 Å². The lowest BCUT2D eigenvalue weighted by atomic mass is 10.1. The van der Waals surface area contributed by atoms with Crippen LogP contribution in [0.2, 0.25) is 0 Å². The summed E-state index contributed by atoms with van der Waals surface area (Å²) >= 11 is 0. The summed E-state index contributed by atoms with van der Waals surface area (Å²) in [5, 5.41) is 17.3. The topological polar surface area (TPSA) is 70.6 Å². The number of urea groups is 1. The highest BCUT2D eigenvalue weighted by Gasteiger charge is 2.22. The fourth-order valence-electron chi connectivity index (χ4n) is 3.18. The third-order valence-electron chi connectivity index (χ3n) is 4.46. The monoisotopic (exact) mass is 328 g/mol. The molecule has 2 aromatic carbocycles. The van der Waals surface area contributed by atoms with Gasteiger partial charge in [0.05, 0.1) is 12.6 Å². The quantitative estimate of drug-likeness (QED) is 0.714. The van der Waals surface area contributed by atoms with Crippen molar-refractivity contribution in [2.75, 3.05) is 19.7 Å². The summed E-state index contributed by atoms with van der Waals surface area (Å²) < 4.78 is 5.79. The van der Waals surface area contributed by atoms with E-state index >= 15 is 0 Å². The lowest BCUT2D eigenvalue weighted by molar-refractivity contribution is 0.177. The summed E-state index contributed by atoms with van der Waals surface area (Å²) in [5.41, 5.74) is 0. The summed E-state index contributed by atoms with van der Waals surface area (Å²) in [6, 6.07) is 13.8. The molecule has 5 nitrogen and oxygen atoms in total. The van der Waals surface area contributed by atoms with Crippen LogP contribution in [-0.4, -0.2) is 36.9 Å². The summed E-state index contributed by atoms with van der Waals surface area (Å²) in [6.45, 7) is 1.49. The van der Waals surface area contributed by atoms with Gasteiger partial charge in [-0.25, -0.2) is 4.79 Å². The molecule has 1 fully saturated rings. The van der Waals surface area contributed by atoms with Crippen LogP contribution in [0.3, 0.4) is 0 Å². The summed E-state index contributed by atoms with van der Waals surface area (Å²) in [5.74, 6) is 1.22. The molecule has 1 saturated carbocycles. The van der Waals surface area contributed by atoms with Crippen molar-refractivity contribution >= 4 is 16.8 Å². The lowest BCUT2D eigenvalue weighted by Crippen LogP contribution is -2.39. The van der Waals surface area contributed by atoms with Gasteiger partial charge in [0.1, 0.15) is 12.4 Å². The molecule has 0 spiro atoms. The minimum Gasteiger partial charge on any atom is -0.491 e. The van der Waals surface area contributed by atoms with Crippen LogP contribution < -0.4 is 15.4 Å². The Balaban J connectivity index is 1.38. The Hall–Kier alpha value is -2.27. The Morgan fingerprint density at radius 1 is 1.12 bits per heavy atom. The number of fused-ring (bicyclic) bond motifs is 1. The fraction of sp³-hybridized carbons (Fsp3) is 0.421. The van der Waals surface area contributed by atoms with Gasteiger partial charge in [-0.15, -0.1) is 0 Å². The molecule has 0 unspecified atom stereocenters. The molecular weight excluding hydrogens is 304 g/mol. The van der Waals surface area contributed by atoms with E-state index in [1.54, 1.807) is 0 Å². The molecule has 5 heteroatoms. The zero-order valence-electron chi connectivity index (χ0n) is 13.7. The van der Waals surface area contributed by atoms with E-state index in [1.807, 2.05) is 42.5 Å². The van der Waals surface area contributed by atoms with Crippen molar-refractivity contribution in [3.05, 3.63) is 42.5 Å². The van der Waals surface area contributed by atoms with Crippen LogP contribution in [-0.2, 0) is 0 Å². The van der Waals surface area contributed by atoms with E-state index < -0.39 is 0 Å². The molecule has 0 aromatic heterocycles. The predicted octanol–water partition coefficient (Wildman–Crippen LogP) is 2.68. The number of carbonyl (C=O) groups excluding carboxylic acids is 1. The maximum atomic E-state index is 11.8. The van der Waals surface area contributed by atoms with E-state index in [2.05, 4.69) is 10.6 Å². The maximum absolute atomic E-state index is 11.8. The van der Waals surface area contributed by atoms with Crippen molar-refractivity contribution in [2.24, 2.45) is 5.92 Å². The van der Waals surface area contributed by atoms with Gasteiger partial charge in [-0.2, -0.15) is 0 Å². The number of ether oxygens (including phenoxy) is 1. The molecule has 0 saturated heterocycles. The van der Waals surface area contributed by atoms with Crippen molar-refractivity contribution in [3.63, 3.8) is 0 Å². The molecule has 0 heterocycles. The molecule has 2 amide bonds. The molecule has 2 atom stereocenters. The van der Waals surface area contributed by atoms with Gasteiger partial charge in [-0.05, 0) is 36.6 Å². The van der Waals surface area contributed by atoms with E-state index in [0.717, 1.165) is 35.8 Å². The molecule has 1 aliphatic rings. The number of benzene rings is 2.